The summed E-state index contributed by atoms with van der Waals surface area (Å²) in [6.45, 7) is 3.54. The molecule has 5 heteroatoms. The third-order valence-electron chi connectivity index (χ3n) is 6.91. The van der Waals surface area contributed by atoms with E-state index in [4.69, 9.17) is 0 Å². The lowest BCUT2D eigenvalue weighted by molar-refractivity contribution is 0.0357. The number of hydrogen-bond acceptors (Lipinski definition) is 4. The number of amides is 1. The van der Waals surface area contributed by atoms with Crippen LogP contribution in [0.3, 0.4) is 0 Å². The van der Waals surface area contributed by atoms with Crippen molar-refractivity contribution in [2.75, 3.05) is 26.2 Å². The number of hydrogen-bond donors (Lipinski definition) is 1. The SMILES string of the molecule is O=C(c1ccc(-c2ccncc2)c2ccccc12)N1CCC(N2CCC(O)CC2)CC1. The van der Waals surface area contributed by atoms with Gasteiger partial charge < -0.3 is 14.9 Å². The van der Waals surface area contributed by atoms with Crippen LogP contribution >= 0.6 is 0 Å². The van der Waals surface area contributed by atoms with Crippen molar-refractivity contribution in [2.24, 2.45) is 0 Å². The summed E-state index contributed by atoms with van der Waals surface area (Å²) in [6, 6.07) is 16.8. The molecular formula is C26H29N3O2. The maximum absolute atomic E-state index is 13.5. The summed E-state index contributed by atoms with van der Waals surface area (Å²) in [7, 11) is 0. The monoisotopic (exact) mass is 415 g/mol. The van der Waals surface area contributed by atoms with E-state index in [0.717, 1.165) is 79.3 Å². The molecule has 0 bridgehead atoms. The molecule has 2 aliphatic heterocycles. The lowest BCUT2D eigenvalue weighted by atomic mass is 9.94. The van der Waals surface area contributed by atoms with E-state index in [0.29, 0.717) is 6.04 Å². The van der Waals surface area contributed by atoms with Crippen LogP contribution in [-0.2, 0) is 0 Å². The second-order valence-electron chi connectivity index (χ2n) is 8.73. The minimum absolute atomic E-state index is 0.130. The molecule has 3 aromatic rings. The molecule has 2 aliphatic rings. The van der Waals surface area contributed by atoms with E-state index in [1.165, 1.54) is 0 Å². The van der Waals surface area contributed by atoms with Gasteiger partial charge in [0.05, 0.1) is 6.10 Å². The Kier molecular flexibility index (Phi) is 5.70. The summed E-state index contributed by atoms with van der Waals surface area (Å²) in [5.74, 6) is 0.130. The van der Waals surface area contributed by atoms with Gasteiger partial charge in [-0.25, -0.2) is 0 Å². The summed E-state index contributed by atoms with van der Waals surface area (Å²) >= 11 is 0. The number of aliphatic hydroxyl groups excluding tert-OH is 1. The van der Waals surface area contributed by atoms with Crippen LogP contribution in [0.1, 0.15) is 36.0 Å². The van der Waals surface area contributed by atoms with Crippen molar-refractivity contribution in [3.05, 3.63) is 66.5 Å². The molecule has 5 rings (SSSR count). The highest BCUT2D eigenvalue weighted by Crippen LogP contribution is 2.32. The number of piperidine rings is 2. The first-order valence-electron chi connectivity index (χ1n) is 11.3. The van der Waals surface area contributed by atoms with Crippen LogP contribution in [0.2, 0.25) is 0 Å². The normalized spacial score (nSPS) is 19.1. The molecule has 5 nitrogen and oxygen atoms in total. The first-order chi connectivity index (χ1) is 15.2. The van der Waals surface area contributed by atoms with Gasteiger partial charge in [0.2, 0.25) is 0 Å². The molecule has 0 unspecified atom stereocenters. The van der Waals surface area contributed by atoms with E-state index in [1.54, 1.807) is 12.4 Å². The quantitative estimate of drug-likeness (QED) is 0.703. The number of benzene rings is 2. The van der Waals surface area contributed by atoms with Crippen LogP contribution in [0.25, 0.3) is 21.9 Å². The van der Waals surface area contributed by atoms with Crippen LogP contribution in [0, 0.1) is 0 Å². The first kappa shape index (κ1) is 20.2. The molecule has 0 radical (unpaired) electrons. The van der Waals surface area contributed by atoms with Gasteiger partial charge in [0.15, 0.2) is 0 Å². The lowest BCUT2D eigenvalue weighted by Crippen LogP contribution is -2.49. The molecule has 2 fully saturated rings. The largest absolute Gasteiger partial charge is 0.393 e. The highest BCUT2D eigenvalue weighted by molar-refractivity contribution is 6.10. The second kappa shape index (κ2) is 8.77. The number of aliphatic hydroxyl groups is 1. The smallest absolute Gasteiger partial charge is 0.254 e. The van der Waals surface area contributed by atoms with Crippen molar-refractivity contribution in [3.63, 3.8) is 0 Å². The van der Waals surface area contributed by atoms with Crippen LogP contribution < -0.4 is 0 Å². The van der Waals surface area contributed by atoms with Crippen molar-refractivity contribution in [2.45, 2.75) is 37.8 Å². The molecular weight excluding hydrogens is 386 g/mol. The predicted octanol–water partition coefficient (Wildman–Crippen LogP) is 3.96. The van der Waals surface area contributed by atoms with Gasteiger partial charge in [-0.05, 0) is 65.8 Å². The first-order valence-corrected chi connectivity index (χ1v) is 11.3. The summed E-state index contributed by atoms with van der Waals surface area (Å²) in [5, 5.41) is 11.9. The molecule has 1 amide bonds. The summed E-state index contributed by atoms with van der Waals surface area (Å²) < 4.78 is 0. The minimum atomic E-state index is -0.138. The zero-order chi connectivity index (χ0) is 21.2. The molecule has 2 aromatic carbocycles. The minimum Gasteiger partial charge on any atom is -0.393 e. The average Bonchev–Trinajstić information content (AvgIpc) is 2.84. The summed E-state index contributed by atoms with van der Waals surface area (Å²) in [5.41, 5.74) is 3.02. The Labute approximate surface area is 183 Å². The standard InChI is InChI=1S/C26H29N3O2/c30-21-11-17-28(18-12-21)20-9-15-29(16-10-20)26(31)25-6-5-22(19-7-13-27-14-8-19)23-3-1-2-4-24(23)25/h1-8,13-14,20-21,30H,9-12,15-18H2. The van der Waals surface area contributed by atoms with Gasteiger partial charge in [0.1, 0.15) is 0 Å². The summed E-state index contributed by atoms with van der Waals surface area (Å²) in [6.07, 6.45) is 7.22. The highest BCUT2D eigenvalue weighted by atomic mass is 16.3. The van der Waals surface area contributed by atoms with E-state index in [9.17, 15) is 9.90 Å². The third-order valence-corrected chi connectivity index (χ3v) is 6.91. The Bertz CT molecular complexity index is 1050. The molecule has 0 aliphatic carbocycles. The lowest BCUT2D eigenvalue weighted by Gasteiger charge is -2.41. The fourth-order valence-corrected chi connectivity index (χ4v) is 5.12. The molecule has 1 N–H and O–H groups in total. The second-order valence-corrected chi connectivity index (χ2v) is 8.73. The molecule has 2 saturated heterocycles. The van der Waals surface area contributed by atoms with Crippen LogP contribution in [0.4, 0.5) is 0 Å². The number of carbonyl (C=O) groups excluding carboxylic acids is 1. The van der Waals surface area contributed by atoms with Crippen molar-refractivity contribution < 1.29 is 9.90 Å². The van der Waals surface area contributed by atoms with Gasteiger partial charge in [-0.15, -0.1) is 0 Å². The maximum atomic E-state index is 13.5. The number of aromatic nitrogens is 1. The molecule has 31 heavy (non-hydrogen) atoms. The van der Waals surface area contributed by atoms with Gasteiger partial charge in [-0.1, -0.05) is 30.3 Å². The van der Waals surface area contributed by atoms with Crippen molar-refractivity contribution in [3.8, 4) is 11.1 Å². The van der Waals surface area contributed by atoms with Crippen molar-refractivity contribution in [1.29, 1.82) is 0 Å². The van der Waals surface area contributed by atoms with Gasteiger partial charge in [-0.3, -0.25) is 9.78 Å². The number of rotatable bonds is 3. The molecule has 160 valence electrons. The molecule has 0 spiro atoms. The fraction of sp³-hybridized carbons (Fsp3) is 0.385. The Morgan fingerprint density at radius 3 is 2.23 bits per heavy atom. The molecule has 0 atom stereocenters. The number of nitrogens with zero attached hydrogens (tertiary/aromatic N) is 3. The van der Waals surface area contributed by atoms with Crippen LogP contribution in [-0.4, -0.2) is 64.1 Å². The molecule has 0 saturated carbocycles. The Morgan fingerprint density at radius 1 is 0.839 bits per heavy atom. The van der Waals surface area contributed by atoms with Crippen molar-refractivity contribution >= 4 is 16.7 Å². The maximum Gasteiger partial charge on any atom is 0.254 e. The van der Waals surface area contributed by atoms with E-state index < -0.39 is 0 Å². The topological polar surface area (TPSA) is 56.7 Å². The Hall–Kier alpha value is -2.76. The summed E-state index contributed by atoms with van der Waals surface area (Å²) in [4.78, 5) is 22.1. The van der Waals surface area contributed by atoms with Gasteiger partial charge in [0, 0.05) is 50.2 Å². The van der Waals surface area contributed by atoms with Crippen LogP contribution in [0.5, 0.6) is 0 Å². The van der Waals surface area contributed by atoms with Crippen LogP contribution in [0.15, 0.2) is 60.9 Å². The highest BCUT2D eigenvalue weighted by Gasteiger charge is 2.30. The van der Waals surface area contributed by atoms with E-state index in [2.05, 4.69) is 28.1 Å². The van der Waals surface area contributed by atoms with Gasteiger partial charge >= 0.3 is 0 Å². The molecule has 1 aromatic heterocycles. The third kappa shape index (κ3) is 4.08. The van der Waals surface area contributed by atoms with E-state index >= 15 is 0 Å². The number of pyridine rings is 1. The van der Waals surface area contributed by atoms with E-state index in [-0.39, 0.29) is 12.0 Å². The zero-order valence-electron chi connectivity index (χ0n) is 17.8. The number of fused-ring (bicyclic) bond motifs is 1. The Balaban J connectivity index is 1.35. The zero-order valence-corrected chi connectivity index (χ0v) is 17.8. The van der Waals surface area contributed by atoms with Crippen molar-refractivity contribution in [1.82, 2.24) is 14.8 Å². The van der Waals surface area contributed by atoms with Gasteiger partial charge in [-0.2, -0.15) is 0 Å². The molecule has 3 heterocycles. The number of likely N-dealkylation sites (tertiary alicyclic amines) is 2. The Morgan fingerprint density at radius 2 is 1.52 bits per heavy atom. The van der Waals surface area contributed by atoms with Gasteiger partial charge in [0.25, 0.3) is 5.91 Å². The predicted molar refractivity (Wildman–Crippen MR) is 123 cm³/mol. The number of carbonyl (C=O) groups is 1. The average molecular weight is 416 g/mol. The van der Waals surface area contributed by atoms with E-state index in [1.807, 2.05) is 35.2 Å². The fourth-order valence-electron chi connectivity index (χ4n) is 5.12.